The summed E-state index contributed by atoms with van der Waals surface area (Å²) in [6.45, 7) is 1.03. The predicted molar refractivity (Wildman–Crippen MR) is 65.8 cm³/mol. The van der Waals surface area contributed by atoms with Crippen LogP contribution in [-0.2, 0) is 10.9 Å². The third kappa shape index (κ3) is 3.12. The van der Waals surface area contributed by atoms with Gasteiger partial charge in [-0.1, -0.05) is 15.9 Å². The van der Waals surface area contributed by atoms with E-state index in [9.17, 15) is 22.4 Å². The van der Waals surface area contributed by atoms with E-state index in [1.54, 1.807) is 0 Å². The number of carbonyl (C=O) groups is 1. The molecule has 110 valence electrons. The normalized spacial score (nSPS) is 16.4. The van der Waals surface area contributed by atoms with Gasteiger partial charge in [0.05, 0.1) is 24.3 Å². The van der Waals surface area contributed by atoms with E-state index in [1.807, 2.05) is 0 Å². The van der Waals surface area contributed by atoms with E-state index >= 15 is 0 Å². The molecule has 0 spiro atoms. The molecule has 8 heteroatoms. The summed E-state index contributed by atoms with van der Waals surface area (Å²) in [6.07, 6.45) is -4.85. The van der Waals surface area contributed by atoms with Crippen LogP contribution in [0.3, 0.4) is 0 Å². The largest absolute Gasteiger partial charge is 0.419 e. The van der Waals surface area contributed by atoms with Crippen LogP contribution in [0.25, 0.3) is 0 Å². The number of ether oxygens (including phenoxy) is 1. The van der Waals surface area contributed by atoms with Gasteiger partial charge in [0.15, 0.2) is 0 Å². The second-order valence-corrected chi connectivity index (χ2v) is 5.13. The Kier molecular flexibility index (Phi) is 4.33. The van der Waals surface area contributed by atoms with Gasteiger partial charge in [0.2, 0.25) is 0 Å². The Balaban J connectivity index is 2.41. The highest BCUT2D eigenvalue weighted by molar-refractivity contribution is 9.10. The Morgan fingerprint density at radius 1 is 1.25 bits per heavy atom. The molecule has 1 heterocycles. The molecular formula is C12H10BrF4NO2. The molecule has 0 atom stereocenters. The lowest BCUT2D eigenvalue weighted by Crippen LogP contribution is -2.41. The zero-order valence-corrected chi connectivity index (χ0v) is 11.7. The Morgan fingerprint density at radius 2 is 1.85 bits per heavy atom. The van der Waals surface area contributed by atoms with E-state index < -0.39 is 29.0 Å². The van der Waals surface area contributed by atoms with Crippen molar-refractivity contribution in [1.29, 1.82) is 0 Å². The van der Waals surface area contributed by atoms with Crippen molar-refractivity contribution >= 4 is 21.8 Å². The molecule has 0 unspecified atom stereocenters. The predicted octanol–water partition coefficient (Wildman–Crippen LogP) is 3.08. The van der Waals surface area contributed by atoms with E-state index in [2.05, 4.69) is 15.9 Å². The van der Waals surface area contributed by atoms with Crippen LogP contribution in [0.15, 0.2) is 16.6 Å². The minimum Gasteiger partial charge on any atom is -0.378 e. The lowest BCUT2D eigenvalue weighted by Gasteiger charge is -2.27. The summed E-state index contributed by atoms with van der Waals surface area (Å²) in [7, 11) is 0. The SMILES string of the molecule is O=C(c1cc(Br)cc(C(F)(F)F)c1F)N1CCOCC1. The van der Waals surface area contributed by atoms with Crippen LogP contribution < -0.4 is 0 Å². The number of hydrogen-bond donors (Lipinski definition) is 0. The standard InChI is InChI=1S/C12H10BrF4NO2/c13-7-5-8(10(14)9(6-7)12(15,16)17)11(19)18-1-3-20-4-2-18/h5-6H,1-4H2. The molecule has 1 aromatic rings. The van der Waals surface area contributed by atoms with Crippen molar-refractivity contribution < 1.29 is 27.1 Å². The fourth-order valence-corrected chi connectivity index (χ4v) is 2.35. The summed E-state index contributed by atoms with van der Waals surface area (Å²) in [4.78, 5) is 13.4. The molecule has 1 aliphatic heterocycles. The molecule has 1 aliphatic rings. The van der Waals surface area contributed by atoms with Crippen molar-refractivity contribution in [3.05, 3.63) is 33.5 Å². The van der Waals surface area contributed by atoms with Gasteiger partial charge in [0, 0.05) is 17.6 Å². The first-order valence-corrected chi connectivity index (χ1v) is 6.53. The van der Waals surface area contributed by atoms with Gasteiger partial charge < -0.3 is 9.64 Å². The molecular weight excluding hydrogens is 346 g/mol. The van der Waals surface area contributed by atoms with E-state index in [0.717, 1.165) is 6.07 Å². The van der Waals surface area contributed by atoms with Gasteiger partial charge in [-0.15, -0.1) is 0 Å². The fourth-order valence-electron chi connectivity index (χ4n) is 1.89. The molecule has 1 amide bonds. The topological polar surface area (TPSA) is 29.5 Å². The summed E-state index contributed by atoms with van der Waals surface area (Å²) in [6, 6.07) is 1.67. The zero-order valence-electron chi connectivity index (χ0n) is 10.1. The maximum Gasteiger partial charge on any atom is 0.419 e. The van der Waals surface area contributed by atoms with Crippen molar-refractivity contribution in [2.75, 3.05) is 26.3 Å². The Labute approximate surface area is 120 Å². The van der Waals surface area contributed by atoms with Crippen LogP contribution in [-0.4, -0.2) is 37.1 Å². The van der Waals surface area contributed by atoms with Crippen LogP contribution >= 0.6 is 15.9 Å². The van der Waals surface area contributed by atoms with E-state index in [0.29, 0.717) is 6.07 Å². The molecule has 0 bridgehead atoms. The van der Waals surface area contributed by atoms with E-state index in [-0.39, 0.29) is 30.8 Å². The quantitative estimate of drug-likeness (QED) is 0.724. The van der Waals surface area contributed by atoms with Gasteiger partial charge >= 0.3 is 6.18 Å². The Morgan fingerprint density at radius 3 is 2.40 bits per heavy atom. The van der Waals surface area contributed by atoms with Crippen molar-refractivity contribution in [3.8, 4) is 0 Å². The summed E-state index contributed by atoms with van der Waals surface area (Å²) in [5.41, 5.74) is -2.04. The summed E-state index contributed by atoms with van der Waals surface area (Å²) in [5.74, 6) is -2.31. The van der Waals surface area contributed by atoms with E-state index in [4.69, 9.17) is 4.74 Å². The monoisotopic (exact) mass is 355 g/mol. The van der Waals surface area contributed by atoms with Gasteiger partial charge in [0.1, 0.15) is 5.82 Å². The highest BCUT2D eigenvalue weighted by Crippen LogP contribution is 2.35. The highest BCUT2D eigenvalue weighted by atomic mass is 79.9. The first-order chi connectivity index (χ1) is 9.30. The van der Waals surface area contributed by atoms with Crippen LogP contribution in [0.4, 0.5) is 17.6 Å². The molecule has 0 saturated carbocycles. The first kappa shape index (κ1) is 15.2. The minimum atomic E-state index is -4.85. The lowest BCUT2D eigenvalue weighted by molar-refractivity contribution is -0.140. The number of halogens is 5. The number of morpholine rings is 1. The molecule has 3 nitrogen and oxygen atoms in total. The van der Waals surface area contributed by atoms with Crippen LogP contribution in [0.2, 0.25) is 0 Å². The second-order valence-electron chi connectivity index (χ2n) is 4.22. The highest BCUT2D eigenvalue weighted by Gasteiger charge is 2.37. The third-order valence-corrected chi connectivity index (χ3v) is 3.33. The maximum absolute atomic E-state index is 13.9. The third-order valence-electron chi connectivity index (χ3n) is 2.87. The molecule has 0 aliphatic carbocycles. The molecule has 20 heavy (non-hydrogen) atoms. The van der Waals surface area contributed by atoms with Gasteiger partial charge in [-0.25, -0.2) is 4.39 Å². The van der Waals surface area contributed by atoms with E-state index in [1.165, 1.54) is 4.90 Å². The van der Waals surface area contributed by atoms with Crippen LogP contribution in [0.5, 0.6) is 0 Å². The van der Waals surface area contributed by atoms with Crippen molar-refractivity contribution in [2.45, 2.75) is 6.18 Å². The number of rotatable bonds is 1. The summed E-state index contributed by atoms with van der Waals surface area (Å²) < 4.78 is 57.1. The average molecular weight is 356 g/mol. The van der Waals surface area contributed by atoms with Crippen molar-refractivity contribution in [1.82, 2.24) is 4.90 Å². The van der Waals surface area contributed by atoms with Gasteiger partial charge in [-0.2, -0.15) is 13.2 Å². The van der Waals surface area contributed by atoms with Gasteiger partial charge in [-0.05, 0) is 12.1 Å². The number of nitrogens with zero attached hydrogens (tertiary/aromatic N) is 1. The minimum absolute atomic E-state index is 0.00262. The van der Waals surface area contributed by atoms with Crippen LogP contribution in [0, 0.1) is 5.82 Å². The number of alkyl halides is 3. The summed E-state index contributed by atoms with van der Waals surface area (Å²) >= 11 is 2.87. The first-order valence-electron chi connectivity index (χ1n) is 5.74. The maximum atomic E-state index is 13.9. The van der Waals surface area contributed by atoms with Crippen LogP contribution in [0.1, 0.15) is 15.9 Å². The van der Waals surface area contributed by atoms with Crippen molar-refractivity contribution in [3.63, 3.8) is 0 Å². The van der Waals surface area contributed by atoms with Crippen molar-refractivity contribution in [2.24, 2.45) is 0 Å². The molecule has 1 aromatic carbocycles. The molecule has 2 rings (SSSR count). The average Bonchev–Trinajstić information content (AvgIpc) is 2.40. The fraction of sp³-hybridized carbons (Fsp3) is 0.417. The number of benzene rings is 1. The lowest BCUT2D eigenvalue weighted by atomic mass is 10.1. The zero-order chi connectivity index (χ0) is 14.9. The number of hydrogen-bond acceptors (Lipinski definition) is 2. The van der Waals surface area contributed by atoms with Gasteiger partial charge in [0.25, 0.3) is 5.91 Å². The Bertz CT molecular complexity index is 527. The smallest absolute Gasteiger partial charge is 0.378 e. The number of amides is 1. The summed E-state index contributed by atoms with van der Waals surface area (Å²) in [5, 5.41) is 0. The van der Waals surface area contributed by atoms with Gasteiger partial charge in [-0.3, -0.25) is 4.79 Å². The molecule has 1 saturated heterocycles. The molecule has 0 aromatic heterocycles. The molecule has 1 fully saturated rings. The molecule has 0 radical (unpaired) electrons. The Hall–Kier alpha value is -1.15. The number of carbonyl (C=O) groups excluding carboxylic acids is 1. The molecule has 0 N–H and O–H groups in total. The second kappa shape index (κ2) is 5.69.